The SMILES string of the molecule is CC(=O)NCC(=O)Oc1cc2oc(=O)cc(-c3ccccc3)c2cc1Cl. The van der Waals surface area contributed by atoms with Crippen LogP contribution in [0.15, 0.2) is 57.7 Å². The van der Waals surface area contributed by atoms with Gasteiger partial charge in [0.05, 0.1) is 5.02 Å². The summed E-state index contributed by atoms with van der Waals surface area (Å²) >= 11 is 6.22. The lowest BCUT2D eigenvalue weighted by molar-refractivity contribution is -0.135. The topological polar surface area (TPSA) is 85.6 Å². The smallest absolute Gasteiger partial charge is 0.336 e. The summed E-state index contributed by atoms with van der Waals surface area (Å²) in [5.41, 5.74) is 1.20. The van der Waals surface area contributed by atoms with E-state index in [-0.39, 0.29) is 28.8 Å². The second-order valence-corrected chi connectivity index (χ2v) is 5.91. The molecule has 1 N–H and O–H groups in total. The third kappa shape index (κ3) is 3.92. The van der Waals surface area contributed by atoms with E-state index in [1.807, 2.05) is 30.3 Å². The van der Waals surface area contributed by atoms with Crippen molar-refractivity contribution >= 4 is 34.4 Å². The number of ether oxygens (including phenoxy) is 1. The van der Waals surface area contributed by atoms with E-state index in [2.05, 4.69) is 5.32 Å². The molecule has 0 aliphatic rings. The molecule has 132 valence electrons. The molecule has 7 heteroatoms. The van der Waals surface area contributed by atoms with Gasteiger partial charge in [0.2, 0.25) is 5.91 Å². The molecule has 26 heavy (non-hydrogen) atoms. The average molecular weight is 372 g/mol. The van der Waals surface area contributed by atoms with Crippen LogP contribution in [0.2, 0.25) is 5.02 Å². The molecule has 0 aliphatic heterocycles. The van der Waals surface area contributed by atoms with Crippen LogP contribution in [0.4, 0.5) is 0 Å². The van der Waals surface area contributed by atoms with Crippen LogP contribution < -0.4 is 15.7 Å². The number of hydrogen-bond acceptors (Lipinski definition) is 5. The fourth-order valence-electron chi connectivity index (χ4n) is 2.45. The van der Waals surface area contributed by atoms with Crippen molar-refractivity contribution < 1.29 is 18.7 Å². The summed E-state index contributed by atoms with van der Waals surface area (Å²) in [6.45, 7) is 0.994. The molecule has 0 fully saturated rings. The molecular weight excluding hydrogens is 358 g/mol. The molecule has 0 radical (unpaired) electrons. The zero-order chi connectivity index (χ0) is 18.7. The van der Waals surface area contributed by atoms with Crippen LogP contribution >= 0.6 is 11.6 Å². The van der Waals surface area contributed by atoms with Gasteiger partial charge in [0.15, 0.2) is 5.75 Å². The number of nitrogens with one attached hydrogen (secondary N) is 1. The van der Waals surface area contributed by atoms with E-state index in [1.54, 1.807) is 6.07 Å². The third-order valence-electron chi connectivity index (χ3n) is 3.59. The molecule has 0 unspecified atom stereocenters. The van der Waals surface area contributed by atoms with Crippen molar-refractivity contribution in [2.24, 2.45) is 0 Å². The standard InChI is InChI=1S/C19H14ClNO5/c1-11(22)21-10-19(24)26-17-9-16-14(7-15(17)20)13(8-18(23)25-16)12-5-3-2-4-6-12/h2-9H,10H2,1H3,(H,21,22). The molecule has 0 spiro atoms. The first-order valence-corrected chi connectivity index (χ1v) is 8.10. The molecule has 1 amide bonds. The summed E-state index contributed by atoms with van der Waals surface area (Å²) in [7, 11) is 0. The number of carbonyl (C=O) groups is 2. The predicted molar refractivity (Wildman–Crippen MR) is 97.2 cm³/mol. The van der Waals surface area contributed by atoms with Crippen molar-refractivity contribution in [1.29, 1.82) is 0 Å². The zero-order valence-corrected chi connectivity index (χ0v) is 14.5. The van der Waals surface area contributed by atoms with Crippen molar-refractivity contribution in [3.05, 3.63) is 64.0 Å². The number of rotatable bonds is 4. The molecule has 6 nitrogen and oxygen atoms in total. The molecule has 2 aromatic carbocycles. The number of amides is 1. The lowest BCUT2D eigenvalue weighted by Gasteiger charge is -2.10. The van der Waals surface area contributed by atoms with Gasteiger partial charge >= 0.3 is 11.6 Å². The van der Waals surface area contributed by atoms with Crippen LogP contribution in [0.1, 0.15) is 6.92 Å². The third-order valence-corrected chi connectivity index (χ3v) is 3.88. The van der Waals surface area contributed by atoms with Gasteiger partial charge in [-0.1, -0.05) is 41.9 Å². The summed E-state index contributed by atoms with van der Waals surface area (Å²) in [6, 6.07) is 13.7. The number of benzene rings is 2. The Balaban J connectivity index is 2.02. The van der Waals surface area contributed by atoms with Gasteiger partial charge in [-0.05, 0) is 17.2 Å². The Morgan fingerprint density at radius 1 is 1.15 bits per heavy atom. The van der Waals surface area contributed by atoms with Gasteiger partial charge in [0.1, 0.15) is 12.1 Å². The number of halogens is 1. The molecule has 3 rings (SSSR count). The Morgan fingerprint density at radius 3 is 2.58 bits per heavy atom. The predicted octanol–water partition coefficient (Wildman–Crippen LogP) is 3.15. The van der Waals surface area contributed by atoms with Crippen molar-refractivity contribution in [1.82, 2.24) is 5.32 Å². The second kappa shape index (κ2) is 7.41. The van der Waals surface area contributed by atoms with E-state index in [4.69, 9.17) is 20.8 Å². The highest BCUT2D eigenvalue weighted by molar-refractivity contribution is 6.33. The number of carbonyl (C=O) groups excluding carboxylic acids is 2. The lowest BCUT2D eigenvalue weighted by Crippen LogP contribution is -2.30. The summed E-state index contributed by atoms with van der Waals surface area (Å²) in [4.78, 5) is 34.5. The van der Waals surface area contributed by atoms with Gasteiger partial charge in [-0.25, -0.2) is 9.59 Å². The quantitative estimate of drug-likeness (QED) is 0.432. The number of hydrogen-bond donors (Lipinski definition) is 1. The summed E-state index contributed by atoms with van der Waals surface area (Å²) < 4.78 is 10.4. The fraction of sp³-hybridized carbons (Fsp3) is 0.105. The highest BCUT2D eigenvalue weighted by Gasteiger charge is 2.15. The van der Waals surface area contributed by atoms with E-state index >= 15 is 0 Å². The molecule has 1 heterocycles. The minimum absolute atomic E-state index is 0.0443. The first-order valence-electron chi connectivity index (χ1n) is 7.72. The maximum absolute atomic E-state index is 11.9. The molecule has 0 bridgehead atoms. The van der Waals surface area contributed by atoms with Gasteiger partial charge in [-0.15, -0.1) is 0 Å². The molecule has 0 saturated carbocycles. The number of esters is 1. The summed E-state index contributed by atoms with van der Waals surface area (Å²) in [6.07, 6.45) is 0. The molecule has 0 aliphatic carbocycles. The lowest BCUT2D eigenvalue weighted by atomic mass is 10.0. The summed E-state index contributed by atoms with van der Waals surface area (Å²) in [5.74, 6) is -1.00. The molecular formula is C19H14ClNO5. The van der Waals surface area contributed by atoms with Gasteiger partial charge in [-0.3, -0.25) is 4.79 Å². The fourth-order valence-corrected chi connectivity index (χ4v) is 2.66. The molecule has 3 aromatic rings. The molecule has 1 aromatic heterocycles. The van der Waals surface area contributed by atoms with Crippen molar-refractivity contribution in [2.45, 2.75) is 6.92 Å². The van der Waals surface area contributed by atoms with Crippen LogP contribution in [-0.2, 0) is 9.59 Å². The maximum atomic E-state index is 11.9. The largest absolute Gasteiger partial charge is 0.423 e. The average Bonchev–Trinajstić information content (AvgIpc) is 2.61. The van der Waals surface area contributed by atoms with Crippen LogP contribution in [0, 0.1) is 0 Å². The first-order chi connectivity index (χ1) is 12.4. The van der Waals surface area contributed by atoms with E-state index in [9.17, 15) is 14.4 Å². The minimum Gasteiger partial charge on any atom is -0.423 e. The normalized spacial score (nSPS) is 10.5. The maximum Gasteiger partial charge on any atom is 0.336 e. The van der Waals surface area contributed by atoms with E-state index in [1.165, 1.54) is 19.1 Å². The van der Waals surface area contributed by atoms with Crippen LogP contribution in [0.25, 0.3) is 22.1 Å². The van der Waals surface area contributed by atoms with Gasteiger partial charge < -0.3 is 14.5 Å². The van der Waals surface area contributed by atoms with Gasteiger partial charge in [-0.2, -0.15) is 0 Å². The number of fused-ring (bicyclic) bond motifs is 1. The highest BCUT2D eigenvalue weighted by Crippen LogP contribution is 2.34. The summed E-state index contributed by atoms with van der Waals surface area (Å²) in [5, 5.41) is 3.13. The van der Waals surface area contributed by atoms with Crippen molar-refractivity contribution in [3.63, 3.8) is 0 Å². The van der Waals surface area contributed by atoms with Gasteiger partial charge in [0, 0.05) is 24.4 Å². The molecule has 0 atom stereocenters. The van der Waals surface area contributed by atoms with Crippen molar-refractivity contribution in [3.8, 4) is 16.9 Å². The Labute approximate surface area is 153 Å². The van der Waals surface area contributed by atoms with Crippen LogP contribution in [-0.4, -0.2) is 18.4 Å². The van der Waals surface area contributed by atoms with Gasteiger partial charge in [0.25, 0.3) is 0 Å². The Kier molecular flexibility index (Phi) is 5.04. The highest BCUT2D eigenvalue weighted by atomic mass is 35.5. The minimum atomic E-state index is -0.692. The Bertz CT molecular complexity index is 1040. The zero-order valence-electron chi connectivity index (χ0n) is 13.7. The Hall–Kier alpha value is -3.12. The Morgan fingerprint density at radius 2 is 1.88 bits per heavy atom. The van der Waals surface area contributed by atoms with Crippen molar-refractivity contribution in [2.75, 3.05) is 6.54 Å². The van der Waals surface area contributed by atoms with Crippen LogP contribution in [0.5, 0.6) is 5.75 Å². The van der Waals surface area contributed by atoms with E-state index in [0.717, 1.165) is 5.56 Å². The monoisotopic (exact) mass is 371 g/mol. The van der Waals surface area contributed by atoms with E-state index in [0.29, 0.717) is 10.9 Å². The second-order valence-electron chi connectivity index (χ2n) is 5.51. The van der Waals surface area contributed by atoms with E-state index < -0.39 is 11.6 Å². The van der Waals surface area contributed by atoms with Crippen LogP contribution in [0.3, 0.4) is 0 Å². The molecule has 0 saturated heterocycles. The first kappa shape index (κ1) is 17.7.